The monoisotopic (exact) mass is 255 g/mol. The second-order valence-corrected chi connectivity index (χ2v) is 4.04. The summed E-state index contributed by atoms with van der Waals surface area (Å²) in [5.41, 5.74) is 4.36. The highest BCUT2D eigenvalue weighted by Gasteiger charge is 2.08. The third-order valence-corrected chi connectivity index (χ3v) is 2.67. The number of rotatable bonds is 4. The molecule has 4 nitrogen and oxygen atoms in total. The predicted molar refractivity (Wildman–Crippen MR) is 71.1 cm³/mol. The van der Waals surface area contributed by atoms with E-state index < -0.39 is 0 Å². The van der Waals surface area contributed by atoms with Gasteiger partial charge in [0.05, 0.1) is 0 Å². The summed E-state index contributed by atoms with van der Waals surface area (Å²) in [6.07, 6.45) is 0.746. The summed E-state index contributed by atoms with van der Waals surface area (Å²) >= 11 is 0. The van der Waals surface area contributed by atoms with Crippen molar-refractivity contribution in [3.8, 4) is 5.75 Å². The van der Waals surface area contributed by atoms with Crippen molar-refractivity contribution in [3.05, 3.63) is 65.2 Å². The average Bonchev–Trinajstić information content (AvgIpc) is 2.46. The molecule has 4 heteroatoms. The number of amides is 1. The topological polar surface area (TPSA) is 55.4 Å². The number of aldehydes is 1. The molecule has 2 aromatic carbocycles. The van der Waals surface area contributed by atoms with Crippen LogP contribution in [0, 0.1) is 6.92 Å². The van der Waals surface area contributed by atoms with Crippen LogP contribution in [-0.2, 0) is 0 Å². The van der Waals surface area contributed by atoms with Gasteiger partial charge in [-0.2, -0.15) is 5.48 Å². The van der Waals surface area contributed by atoms with Crippen molar-refractivity contribution in [2.45, 2.75) is 6.92 Å². The van der Waals surface area contributed by atoms with Crippen LogP contribution in [0.5, 0.6) is 5.75 Å². The summed E-state index contributed by atoms with van der Waals surface area (Å²) in [6.45, 7) is 1.85. The Bertz CT molecular complexity index is 591. The summed E-state index contributed by atoms with van der Waals surface area (Å²) in [7, 11) is 0. The van der Waals surface area contributed by atoms with E-state index in [1.165, 1.54) is 0 Å². The van der Waals surface area contributed by atoms with Crippen LogP contribution in [-0.4, -0.2) is 12.2 Å². The van der Waals surface area contributed by atoms with Crippen LogP contribution < -0.4 is 10.3 Å². The zero-order chi connectivity index (χ0) is 13.7. The molecule has 0 aliphatic heterocycles. The van der Waals surface area contributed by atoms with Crippen LogP contribution >= 0.6 is 0 Å². The van der Waals surface area contributed by atoms with Crippen molar-refractivity contribution in [1.29, 1.82) is 0 Å². The van der Waals surface area contributed by atoms with Crippen LogP contribution in [0.4, 0.5) is 0 Å². The molecule has 0 unspecified atom stereocenters. The molecule has 1 N–H and O–H groups in total. The van der Waals surface area contributed by atoms with E-state index in [9.17, 15) is 9.59 Å². The van der Waals surface area contributed by atoms with Crippen molar-refractivity contribution in [3.63, 3.8) is 0 Å². The van der Waals surface area contributed by atoms with E-state index >= 15 is 0 Å². The highest BCUT2D eigenvalue weighted by molar-refractivity contribution is 5.94. The molecule has 0 bridgehead atoms. The lowest BCUT2D eigenvalue weighted by molar-refractivity contribution is 0.0759. The largest absolute Gasteiger partial charge is 0.379 e. The van der Waals surface area contributed by atoms with Gasteiger partial charge in [-0.15, -0.1) is 0 Å². The smallest absolute Gasteiger partial charge is 0.284 e. The summed E-state index contributed by atoms with van der Waals surface area (Å²) in [5, 5.41) is 0. The Morgan fingerprint density at radius 2 is 1.79 bits per heavy atom. The minimum absolute atomic E-state index is 0.308. The molecule has 0 aliphatic rings. The number of hydrogen-bond donors (Lipinski definition) is 1. The Morgan fingerprint density at radius 1 is 1.11 bits per heavy atom. The number of aryl methyl sites for hydroxylation is 1. The molecule has 96 valence electrons. The average molecular weight is 255 g/mol. The zero-order valence-electron chi connectivity index (χ0n) is 10.4. The molecule has 2 rings (SSSR count). The van der Waals surface area contributed by atoms with E-state index in [0.29, 0.717) is 16.9 Å². The number of carbonyl (C=O) groups excluding carboxylic acids is 2. The van der Waals surface area contributed by atoms with Gasteiger partial charge in [0.2, 0.25) is 0 Å². The molecule has 0 aromatic heterocycles. The van der Waals surface area contributed by atoms with Gasteiger partial charge in [-0.3, -0.25) is 9.59 Å². The van der Waals surface area contributed by atoms with Crippen LogP contribution in [0.25, 0.3) is 0 Å². The highest BCUT2D eigenvalue weighted by atomic mass is 16.7. The number of hydroxylamine groups is 1. The van der Waals surface area contributed by atoms with E-state index in [1.54, 1.807) is 36.4 Å². The van der Waals surface area contributed by atoms with Crippen molar-refractivity contribution in [1.82, 2.24) is 5.48 Å². The highest BCUT2D eigenvalue weighted by Crippen LogP contribution is 2.11. The molecule has 0 aliphatic carbocycles. The number of carbonyl (C=O) groups is 2. The van der Waals surface area contributed by atoms with Gasteiger partial charge in [-0.05, 0) is 42.8 Å². The second-order valence-electron chi connectivity index (χ2n) is 4.04. The fourth-order valence-electron chi connectivity index (χ4n) is 1.60. The lowest BCUT2D eigenvalue weighted by Crippen LogP contribution is -2.27. The van der Waals surface area contributed by atoms with E-state index in [-0.39, 0.29) is 5.91 Å². The standard InChI is InChI=1S/C15H13NO3/c1-11-4-2-3-5-14(11)15(18)16-19-13-8-6-12(10-17)7-9-13/h2-10H,1H3,(H,16,18). The zero-order valence-corrected chi connectivity index (χ0v) is 10.4. The fraction of sp³-hybridized carbons (Fsp3) is 0.0667. The molecule has 0 saturated heterocycles. The van der Waals surface area contributed by atoms with Gasteiger partial charge < -0.3 is 4.84 Å². The maximum atomic E-state index is 11.9. The van der Waals surface area contributed by atoms with E-state index in [1.807, 2.05) is 19.1 Å². The number of hydrogen-bond acceptors (Lipinski definition) is 3. The summed E-state index contributed by atoms with van der Waals surface area (Å²) < 4.78 is 0. The molecule has 0 spiro atoms. The fourth-order valence-corrected chi connectivity index (χ4v) is 1.60. The Hall–Kier alpha value is -2.62. The van der Waals surface area contributed by atoms with Gasteiger partial charge >= 0.3 is 0 Å². The summed E-state index contributed by atoms with van der Waals surface area (Å²) in [5.74, 6) is 0.157. The molecular weight excluding hydrogens is 242 g/mol. The van der Waals surface area contributed by atoms with Gasteiger partial charge in [0, 0.05) is 11.1 Å². The molecule has 0 radical (unpaired) electrons. The number of benzene rings is 2. The van der Waals surface area contributed by atoms with Crippen LogP contribution in [0.15, 0.2) is 48.5 Å². The molecule has 19 heavy (non-hydrogen) atoms. The maximum absolute atomic E-state index is 11.9. The van der Waals surface area contributed by atoms with Gasteiger partial charge in [-0.1, -0.05) is 18.2 Å². The van der Waals surface area contributed by atoms with Crippen LogP contribution in [0.1, 0.15) is 26.3 Å². The molecular formula is C15H13NO3. The molecule has 0 fully saturated rings. The van der Waals surface area contributed by atoms with Crippen molar-refractivity contribution < 1.29 is 14.4 Å². The Balaban J connectivity index is 2.00. The van der Waals surface area contributed by atoms with E-state index in [0.717, 1.165) is 11.8 Å². The number of nitrogens with one attached hydrogen (secondary N) is 1. The van der Waals surface area contributed by atoms with Crippen molar-refractivity contribution >= 4 is 12.2 Å². The minimum atomic E-state index is -0.308. The van der Waals surface area contributed by atoms with E-state index in [4.69, 9.17) is 4.84 Å². The molecule has 0 saturated carbocycles. The van der Waals surface area contributed by atoms with Crippen LogP contribution in [0.2, 0.25) is 0 Å². The molecule has 2 aromatic rings. The van der Waals surface area contributed by atoms with Gasteiger partial charge in [0.15, 0.2) is 5.75 Å². The lowest BCUT2D eigenvalue weighted by Gasteiger charge is -2.08. The Kier molecular flexibility index (Phi) is 3.93. The minimum Gasteiger partial charge on any atom is -0.379 e. The van der Waals surface area contributed by atoms with Gasteiger partial charge in [0.1, 0.15) is 6.29 Å². The predicted octanol–water partition coefficient (Wildman–Crippen LogP) is 2.53. The first-order valence-corrected chi connectivity index (χ1v) is 5.79. The normalized spacial score (nSPS) is 9.74. The van der Waals surface area contributed by atoms with Crippen molar-refractivity contribution in [2.75, 3.05) is 0 Å². The molecule has 0 atom stereocenters. The Labute approximate surface area is 111 Å². The van der Waals surface area contributed by atoms with Gasteiger partial charge in [-0.25, -0.2) is 0 Å². The van der Waals surface area contributed by atoms with E-state index in [2.05, 4.69) is 5.48 Å². The quantitative estimate of drug-likeness (QED) is 0.674. The molecule has 0 heterocycles. The summed E-state index contributed by atoms with van der Waals surface area (Å²) in [4.78, 5) is 27.5. The first-order valence-electron chi connectivity index (χ1n) is 5.79. The maximum Gasteiger partial charge on any atom is 0.284 e. The third-order valence-electron chi connectivity index (χ3n) is 2.67. The van der Waals surface area contributed by atoms with Crippen molar-refractivity contribution in [2.24, 2.45) is 0 Å². The molecule has 1 amide bonds. The first-order chi connectivity index (χ1) is 9.20. The van der Waals surface area contributed by atoms with Crippen LogP contribution in [0.3, 0.4) is 0 Å². The second kappa shape index (κ2) is 5.82. The Morgan fingerprint density at radius 3 is 2.42 bits per heavy atom. The SMILES string of the molecule is Cc1ccccc1C(=O)NOc1ccc(C=O)cc1. The lowest BCUT2D eigenvalue weighted by atomic mass is 10.1. The third kappa shape index (κ3) is 3.19. The summed E-state index contributed by atoms with van der Waals surface area (Å²) in [6, 6.07) is 13.7. The van der Waals surface area contributed by atoms with Gasteiger partial charge in [0.25, 0.3) is 5.91 Å². The first kappa shape index (κ1) is 12.8.